The largest absolute Gasteiger partial charge is 0.381 e. The number of carbonyl (C=O) groups excluding carboxylic acids is 1. The fourth-order valence-electron chi connectivity index (χ4n) is 3.09. The molecule has 2 aromatic heterocycles. The standard InChI is InChI=1S/C18H26N4O2S/c1-11-13(3)25-17(20-11)18(4,5)21-16(23)15-10-19-22(12(15)2)14-6-8-24-9-7-14/h10,14H,6-9H2,1-5H3,(H,21,23). The summed E-state index contributed by atoms with van der Waals surface area (Å²) in [5.41, 5.74) is 2.04. The first kappa shape index (κ1) is 18.1. The summed E-state index contributed by atoms with van der Waals surface area (Å²) in [7, 11) is 0. The van der Waals surface area contributed by atoms with Crippen LogP contribution in [0.25, 0.3) is 0 Å². The molecule has 3 rings (SSSR count). The second-order valence-electron chi connectivity index (χ2n) is 7.17. The van der Waals surface area contributed by atoms with Crippen LogP contribution in [0.4, 0.5) is 0 Å². The zero-order valence-corrected chi connectivity index (χ0v) is 16.4. The number of nitrogens with zero attached hydrogens (tertiary/aromatic N) is 3. The van der Waals surface area contributed by atoms with Gasteiger partial charge in [-0.1, -0.05) is 0 Å². The average molecular weight is 362 g/mol. The second kappa shape index (κ2) is 6.88. The van der Waals surface area contributed by atoms with Crippen LogP contribution in [-0.4, -0.2) is 33.9 Å². The Balaban J connectivity index is 1.78. The average Bonchev–Trinajstić information content (AvgIpc) is 3.11. The lowest BCUT2D eigenvalue weighted by molar-refractivity contribution is 0.0656. The molecule has 25 heavy (non-hydrogen) atoms. The van der Waals surface area contributed by atoms with Crippen molar-refractivity contribution in [1.29, 1.82) is 0 Å². The van der Waals surface area contributed by atoms with Gasteiger partial charge in [0.15, 0.2) is 0 Å². The van der Waals surface area contributed by atoms with Gasteiger partial charge in [-0.25, -0.2) is 4.98 Å². The molecule has 0 aliphatic carbocycles. The van der Waals surface area contributed by atoms with Gasteiger partial charge in [-0.3, -0.25) is 9.48 Å². The Labute approximate surface area is 152 Å². The molecule has 1 aliphatic rings. The van der Waals surface area contributed by atoms with E-state index >= 15 is 0 Å². The summed E-state index contributed by atoms with van der Waals surface area (Å²) in [5, 5.41) is 8.51. The molecule has 0 aromatic carbocycles. The third kappa shape index (κ3) is 3.62. The highest BCUT2D eigenvalue weighted by Crippen LogP contribution is 2.28. The fraction of sp³-hybridized carbons (Fsp3) is 0.611. The summed E-state index contributed by atoms with van der Waals surface area (Å²) in [4.78, 5) is 18.6. The monoisotopic (exact) mass is 362 g/mol. The molecule has 1 saturated heterocycles. The van der Waals surface area contributed by atoms with Crippen LogP contribution in [0.2, 0.25) is 0 Å². The Hall–Kier alpha value is -1.73. The molecule has 1 amide bonds. The molecular formula is C18H26N4O2S. The minimum atomic E-state index is -0.520. The normalized spacial score (nSPS) is 16.2. The zero-order chi connectivity index (χ0) is 18.2. The first-order valence-corrected chi connectivity index (χ1v) is 9.50. The van der Waals surface area contributed by atoms with Crippen molar-refractivity contribution in [2.75, 3.05) is 13.2 Å². The van der Waals surface area contributed by atoms with Crippen LogP contribution in [0.5, 0.6) is 0 Å². The Kier molecular flexibility index (Phi) is 4.97. The number of nitrogens with one attached hydrogen (secondary N) is 1. The van der Waals surface area contributed by atoms with Gasteiger partial charge in [-0.15, -0.1) is 11.3 Å². The molecular weight excluding hydrogens is 336 g/mol. The summed E-state index contributed by atoms with van der Waals surface area (Å²) in [5.74, 6) is -0.105. The van der Waals surface area contributed by atoms with Gasteiger partial charge in [-0.2, -0.15) is 5.10 Å². The van der Waals surface area contributed by atoms with E-state index < -0.39 is 5.54 Å². The number of amides is 1. The molecule has 6 nitrogen and oxygen atoms in total. The number of aryl methyl sites for hydroxylation is 2. The van der Waals surface area contributed by atoms with Gasteiger partial charge in [0.1, 0.15) is 5.01 Å². The third-order valence-electron chi connectivity index (χ3n) is 4.82. The molecule has 2 aromatic rings. The fourth-order valence-corrected chi connectivity index (χ4v) is 4.06. The zero-order valence-electron chi connectivity index (χ0n) is 15.5. The predicted molar refractivity (Wildman–Crippen MR) is 98.1 cm³/mol. The van der Waals surface area contributed by atoms with E-state index in [1.807, 2.05) is 32.4 Å². The molecule has 1 aliphatic heterocycles. The van der Waals surface area contributed by atoms with Crippen molar-refractivity contribution in [1.82, 2.24) is 20.1 Å². The van der Waals surface area contributed by atoms with E-state index in [2.05, 4.69) is 22.3 Å². The number of carbonyl (C=O) groups is 1. The van der Waals surface area contributed by atoms with E-state index in [4.69, 9.17) is 4.74 Å². The van der Waals surface area contributed by atoms with Crippen molar-refractivity contribution in [3.8, 4) is 0 Å². The minimum Gasteiger partial charge on any atom is -0.381 e. The highest BCUT2D eigenvalue weighted by Gasteiger charge is 2.29. The SMILES string of the molecule is Cc1nc(C(C)(C)NC(=O)c2cnn(C3CCOCC3)c2C)sc1C. The molecule has 0 atom stereocenters. The molecule has 0 spiro atoms. The highest BCUT2D eigenvalue weighted by atomic mass is 32.1. The minimum absolute atomic E-state index is 0.105. The number of aromatic nitrogens is 3. The summed E-state index contributed by atoms with van der Waals surface area (Å²) < 4.78 is 7.39. The predicted octanol–water partition coefficient (Wildman–Crippen LogP) is 3.28. The van der Waals surface area contributed by atoms with Crippen LogP contribution in [0, 0.1) is 20.8 Å². The van der Waals surface area contributed by atoms with Crippen molar-refractivity contribution in [3.05, 3.63) is 33.0 Å². The molecule has 3 heterocycles. The maximum atomic E-state index is 12.8. The molecule has 7 heteroatoms. The van der Waals surface area contributed by atoms with Crippen molar-refractivity contribution in [2.45, 2.75) is 59.0 Å². The van der Waals surface area contributed by atoms with Crippen LogP contribution < -0.4 is 5.32 Å². The van der Waals surface area contributed by atoms with Crippen molar-refractivity contribution < 1.29 is 9.53 Å². The van der Waals surface area contributed by atoms with Gasteiger partial charge in [0.25, 0.3) is 5.91 Å². The van der Waals surface area contributed by atoms with E-state index in [-0.39, 0.29) is 5.91 Å². The van der Waals surface area contributed by atoms with Crippen molar-refractivity contribution >= 4 is 17.2 Å². The van der Waals surface area contributed by atoms with Crippen LogP contribution in [0.3, 0.4) is 0 Å². The van der Waals surface area contributed by atoms with Gasteiger partial charge < -0.3 is 10.1 Å². The van der Waals surface area contributed by atoms with E-state index in [9.17, 15) is 4.79 Å². The van der Waals surface area contributed by atoms with E-state index in [0.29, 0.717) is 11.6 Å². The lowest BCUT2D eigenvalue weighted by Gasteiger charge is -2.25. The maximum Gasteiger partial charge on any atom is 0.255 e. The Morgan fingerprint density at radius 3 is 2.60 bits per heavy atom. The first-order chi connectivity index (χ1) is 11.8. The number of hydrogen-bond donors (Lipinski definition) is 1. The quantitative estimate of drug-likeness (QED) is 0.906. The second-order valence-corrected chi connectivity index (χ2v) is 8.37. The Bertz CT molecular complexity index is 753. The topological polar surface area (TPSA) is 69.0 Å². The van der Waals surface area contributed by atoms with Gasteiger partial charge in [0, 0.05) is 23.8 Å². The van der Waals surface area contributed by atoms with Crippen LogP contribution >= 0.6 is 11.3 Å². The van der Waals surface area contributed by atoms with Gasteiger partial charge in [0.2, 0.25) is 0 Å². The summed E-state index contributed by atoms with van der Waals surface area (Å²) in [6.45, 7) is 11.5. The summed E-state index contributed by atoms with van der Waals surface area (Å²) in [6.07, 6.45) is 3.55. The highest BCUT2D eigenvalue weighted by molar-refractivity contribution is 7.11. The van der Waals surface area contributed by atoms with Crippen LogP contribution in [0.15, 0.2) is 6.20 Å². The molecule has 0 bridgehead atoms. The van der Waals surface area contributed by atoms with Gasteiger partial charge >= 0.3 is 0 Å². The maximum absolute atomic E-state index is 12.8. The van der Waals surface area contributed by atoms with Gasteiger partial charge in [-0.05, 0) is 47.5 Å². The number of rotatable bonds is 4. The van der Waals surface area contributed by atoms with E-state index in [1.165, 1.54) is 4.88 Å². The molecule has 0 unspecified atom stereocenters. The van der Waals surface area contributed by atoms with Gasteiger partial charge in [0.05, 0.1) is 29.0 Å². The van der Waals surface area contributed by atoms with E-state index in [1.54, 1.807) is 17.5 Å². The third-order valence-corrected chi connectivity index (χ3v) is 6.21. The molecule has 0 radical (unpaired) electrons. The Morgan fingerprint density at radius 1 is 1.32 bits per heavy atom. The lowest BCUT2D eigenvalue weighted by atomic mass is 10.1. The Morgan fingerprint density at radius 2 is 2.00 bits per heavy atom. The number of hydrogen-bond acceptors (Lipinski definition) is 5. The van der Waals surface area contributed by atoms with E-state index in [0.717, 1.165) is 42.5 Å². The lowest BCUT2D eigenvalue weighted by Crippen LogP contribution is -2.41. The molecule has 0 saturated carbocycles. The first-order valence-electron chi connectivity index (χ1n) is 8.68. The molecule has 1 N–H and O–H groups in total. The molecule has 136 valence electrons. The summed E-state index contributed by atoms with van der Waals surface area (Å²) >= 11 is 1.63. The smallest absolute Gasteiger partial charge is 0.255 e. The van der Waals surface area contributed by atoms with Crippen molar-refractivity contribution in [3.63, 3.8) is 0 Å². The number of ether oxygens (including phenoxy) is 1. The van der Waals surface area contributed by atoms with Crippen LogP contribution in [-0.2, 0) is 10.3 Å². The number of thiazole rings is 1. The summed E-state index contributed by atoms with van der Waals surface area (Å²) in [6, 6.07) is 0.313. The van der Waals surface area contributed by atoms with Crippen LogP contribution in [0.1, 0.15) is 64.4 Å². The molecule has 1 fully saturated rings. The van der Waals surface area contributed by atoms with Crippen molar-refractivity contribution in [2.24, 2.45) is 0 Å².